The van der Waals surface area contributed by atoms with Gasteiger partial charge in [0.1, 0.15) is 0 Å². The Morgan fingerprint density at radius 3 is 2.23 bits per heavy atom. The largest absolute Gasteiger partial charge is 0.387 e. The van der Waals surface area contributed by atoms with Crippen LogP contribution in [0.1, 0.15) is 32.6 Å². The summed E-state index contributed by atoms with van der Waals surface area (Å²) in [6, 6.07) is 0. The van der Waals surface area contributed by atoms with Crippen LogP contribution in [0.15, 0.2) is 0 Å². The first-order valence-corrected chi connectivity index (χ1v) is 4.65. The molecule has 1 N–H and O–H groups in total. The second kappa shape index (κ2) is 3.88. The van der Waals surface area contributed by atoms with Gasteiger partial charge in [0.25, 0.3) is 0 Å². The van der Waals surface area contributed by atoms with Crippen LogP contribution in [0.25, 0.3) is 0 Å². The summed E-state index contributed by atoms with van der Waals surface area (Å²) >= 11 is 0. The summed E-state index contributed by atoms with van der Waals surface area (Å²) < 4.78 is 30.5. The Labute approximate surface area is 76.9 Å². The van der Waals surface area contributed by atoms with Crippen LogP contribution in [0.3, 0.4) is 0 Å². The number of ether oxygens (including phenoxy) is 1. The molecule has 1 aliphatic carbocycles. The van der Waals surface area contributed by atoms with E-state index >= 15 is 0 Å². The number of alkyl halides is 2. The van der Waals surface area contributed by atoms with Crippen molar-refractivity contribution >= 4 is 0 Å². The van der Waals surface area contributed by atoms with E-state index in [1.807, 2.05) is 6.92 Å². The number of rotatable bonds is 3. The average Bonchev–Trinajstić information content (AvgIpc) is 2.08. The highest BCUT2D eigenvalue weighted by Crippen LogP contribution is 2.38. The summed E-state index contributed by atoms with van der Waals surface area (Å²) in [6.07, 6.45) is -0.173. The van der Waals surface area contributed by atoms with Crippen LogP contribution in [-0.2, 0) is 4.74 Å². The minimum Gasteiger partial charge on any atom is -0.387 e. The van der Waals surface area contributed by atoms with E-state index in [9.17, 15) is 13.9 Å². The summed E-state index contributed by atoms with van der Waals surface area (Å²) in [4.78, 5) is 0. The predicted octanol–water partition coefficient (Wildman–Crippen LogP) is 1.96. The summed E-state index contributed by atoms with van der Waals surface area (Å²) in [6.45, 7) is 2.51. The minimum atomic E-state index is -2.58. The third kappa shape index (κ3) is 3.19. The third-order valence-corrected chi connectivity index (χ3v) is 2.49. The van der Waals surface area contributed by atoms with Crippen molar-refractivity contribution in [3.63, 3.8) is 0 Å². The van der Waals surface area contributed by atoms with Crippen molar-refractivity contribution in [1.29, 1.82) is 0 Å². The van der Waals surface area contributed by atoms with E-state index in [1.165, 1.54) is 0 Å². The highest BCUT2D eigenvalue weighted by atomic mass is 19.3. The van der Waals surface area contributed by atoms with Gasteiger partial charge in [-0.2, -0.15) is 0 Å². The fourth-order valence-corrected chi connectivity index (χ4v) is 1.52. The van der Waals surface area contributed by atoms with Gasteiger partial charge < -0.3 is 9.84 Å². The van der Waals surface area contributed by atoms with Crippen LogP contribution in [0.4, 0.5) is 8.78 Å². The van der Waals surface area contributed by atoms with E-state index in [4.69, 9.17) is 4.74 Å². The molecule has 0 radical (unpaired) electrons. The lowest BCUT2D eigenvalue weighted by molar-refractivity contribution is -0.128. The number of halogens is 2. The molecule has 1 rings (SSSR count). The van der Waals surface area contributed by atoms with E-state index in [0.717, 1.165) is 0 Å². The molecule has 0 amide bonds. The SMILES string of the molecule is CCOCC1(O)CCC(F)(F)CC1. The van der Waals surface area contributed by atoms with Gasteiger partial charge in [-0.15, -0.1) is 0 Å². The van der Waals surface area contributed by atoms with E-state index in [2.05, 4.69) is 0 Å². The van der Waals surface area contributed by atoms with Crippen LogP contribution < -0.4 is 0 Å². The van der Waals surface area contributed by atoms with Gasteiger partial charge in [0, 0.05) is 19.4 Å². The molecule has 0 heterocycles. The van der Waals surface area contributed by atoms with E-state index in [-0.39, 0.29) is 32.3 Å². The van der Waals surface area contributed by atoms with Gasteiger partial charge in [0.15, 0.2) is 0 Å². The molecule has 0 atom stereocenters. The molecule has 0 aromatic heterocycles. The second-order valence-electron chi connectivity index (χ2n) is 3.72. The standard InChI is InChI=1S/C9H16F2O2/c1-2-13-7-8(12)3-5-9(10,11)6-4-8/h12H,2-7H2,1H3. The zero-order valence-corrected chi connectivity index (χ0v) is 7.85. The van der Waals surface area contributed by atoms with Gasteiger partial charge >= 0.3 is 0 Å². The number of hydrogen-bond acceptors (Lipinski definition) is 2. The fourth-order valence-electron chi connectivity index (χ4n) is 1.52. The second-order valence-corrected chi connectivity index (χ2v) is 3.72. The lowest BCUT2D eigenvalue weighted by Gasteiger charge is -2.35. The monoisotopic (exact) mass is 194 g/mol. The number of hydrogen-bond donors (Lipinski definition) is 1. The van der Waals surface area contributed by atoms with E-state index in [1.54, 1.807) is 0 Å². The molecular weight excluding hydrogens is 178 g/mol. The topological polar surface area (TPSA) is 29.5 Å². The van der Waals surface area contributed by atoms with E-state index < -0.39 is 11.5 Å². The molecule has 0 spiro atoms. The molecule has 0 bridgehead atoms. The zero-order chi connectivity index (χ0) is 9.95. The Bertz CT molecular complexity index is 161. The third-order valence-electron chi connectivity index (χ3n) is 2.49. The Morgan fingerprint density at radius 2 is 1.77 bits per heavy atom. The van der Waals surface area contributed by atoms with Crippen LogP contribution >= 0.6 is 0 Å². The highest BCUT2D eigenvalue weighted by molar-refractivity contribution is 4.88. The van der Waals surface area contributed by atoms with Gasteiger partial charge in [0.2, 0.25) is 5.92 Å². The van der Waals surface area contributed by atoms with Crippen LogP contribution in [0.5, 0.6) is 0 Å². The van der Waals surface area contributed by atoms with Gasteiger partial charge in [-0.05, 0) is 19.8 Å². The molecule has 1 aliphatic rings. The van der Waals surface area contributed by atoms with Crippen molar-refractivity contribution in [3.8, 4) is 0 Å². The van der Waals surface area contributed by atoms with Crippen molar-refractivity contribution in [3.05, 3.63) is 0 Å². The molecule has 0 aromatic rings. The molecule has 0 unspecified atom stereocenters. The minimum absolute atomic E-state index is 0.139. The lowest BCUT2D eigenvalue weighted by atomic mass is 9.83. The Kier molecular flexibility index (Phi) is 3.24. The molecule has 0 aliphatic heterocycles. The van der Waals surface area contributed by atoms with Gasteiger partial charge in [0.05, 0.1) is 12.2 Å². The summed E-state index contributed by atoms with van der Waals surface area (Å²) in [5.41, 5.74) is -1.02. The highest BCUT2D eigenvalue weighted by Gasteiger charge is 2.42. The lowest BCUT2D eigenvalue weighted by Crippen LogP contribution is -2.42. The van der Waals surface area contributed by atoms with Gasteiger partial charge in [-0.25, -0.2) is 8.78 Å². The predicted molar refractivity (Wildman–Crippen MR) is 44.9 cm³/mol. The average molecular weight is 194 g/mol. The maximum Gasteiger partial charge on any atom is 0.248 e. The van der Waals surface area contributed by atoms with Crippen molar-refractivity contribution in [1.82, 2.24) is 0 Å². The van der Waals surface area contributed by atoms with Crippen molar-refractivity contribution in [2.45, 2.75) is 44.1 Å². The first-order valence-electron chi connectivity index (χ1n) is 4.65. The first-order chi connectivity index (χ1) is 5.97. The maximum absolute atomic E-state index is 12.7. The molecular formula is C9H16F2O2. The Balaban J connectivity index is 2.37. The van der Waals surface area contributed by atoms with E-state index in [0.29, 0.717) is 6.61 Å². The van der Waals surface area contributed by atoms with Crippen molar-refractivity contribution in [2.75, 3.05) is 13.2 Å². The molecule has 4 heteroatoms. The molecule has 1 fully saturated rings. The quantitative estimate of drug-likeness (QED) is 0.744. The van der Waals surface area contributed by atoms with Crippen LogP contribution in [0, 0.1) is 0 Å². The van der Waals surface area contributed by atoms with Crippen LogP contribution in [-0.4, -0.2) is 29.8 Å². The molecule has 2 nitrogen and oxygen atoms in total. The van der Waals surface area contributed by atoms with Crippen molar-refractivity contribution < 1.29 is 18.6 Å². The summed E-state index contributed by atoms with van der Waals surface area (Å²) in [7, 11) is 0. The molecule has 0 aromatic carbocycles. The van der Waals surface area contributed by atoms with Gasteiger partial charge in [-0.3, -0.25) is 0 Å². The smallest absolute Gasteiger partial charge is 0.248 e. The Hall–Kier alpha value is -0.220. The Morgan fingerprint density at radius 1 is 1.23 bits per heavy atom. The molecule has 1 saturated carbocycles. The summed E-state index contributed by atoms with van der Waals surface area (Å²) in [5, 5.41) is 9.78. The fraction of sp³-hybridized carbons (Fsp3) is 1.00. The zero-order valence-electron chi connectivity index (χ0n) is 7.85. The normalized spacial score (nSPS) is 25.8. The van der Waals surface area contributed by atoms with Crippen molar-refractivity contribution in [2.24, 2.45) is 0 Å². The molecule has 13 heavy (non-hydrogen) atoms. The maximum atomic E-state index is 12.7. The molecule has 0 saturated heterocycles. The molecule has 78 valence electrons. The van der Waals surface area contributed by atoms with Crippen LogP contribution in [0.2, 0.25) is 0 Å². The summed E-state index contributed by atoms with van der Waals surface area (Å²) in [5.74, 6) is -2.58. The first kappa shape index (κ1) is 10.9. The van der Waals surface area contributed by atoms with Gasteiger partial charge in [-0.1, -0.05) is 0 Å². The number of aliphatic hydroxyl groups is 1.